The van der Waals surface area contributed by atoms with Crippen LogP contribution in [0.4, 0.5) is 9.52 Å². The number of hydrogen-bond donors (Lipinski definition) is 1. The number of halogens is 1. The monoisotopic (exact) mass is 518 g/mol. The Balaban J connectivity index is 1.76. The molecule has 1 aromatic heterocycles. The Morgan fingerprint density at radius 2 is 1.70 bits per heavy atom. The molecule has 5 rings (SSSR count). The maximum Gasteiger partial charge on any atom is 0.301 e. The van der Waals surface area contributed by atoms with Crippen molar-refractivity contribution in [1.29, 1.82) is 0 Å². The highest BCUT2D eigenvalue weighted by Gasteiger charge is 2.48. The summed E-state index contributed by atoms with van der Waals surface area (Å²) in [5.41, 5.74) is 3.32. The van der Waals surface area contributed by atoms with Gasteiger partial charge in [-0.15, -0.1) is 0 Å². The van der Waals surface area contributed by atoms with Crippen molar-refractivity contribution >= 4 is 44.1 Å². The van der Waals surface area contributed by atoms with Gasteiger partial charge in [0.1, 0.15) is 11.6 Å². The first kappa shape index (κ1) is 24.5. The van der Waals surface area contributed by atoms with Gasteiger partial charge in [0.2, 0.25) is 0 Å². The molecule has 0 spiro atoms. The topological polar surface area (TPSA) is 89.0 Å². The lowest BCUT2D eigenvalue weighted by molar-refractivity contribution is -0.132. The third kappa shape index (κ3) is 4.11. The minimum atomic E-state index is -1.01. The number of aliphatic hydroxyl groups is 1. The fourth-order valence-electron chi connectivity index (χ4n) is 4.59. The molecule has 3 aromatic carbocycles. The lowest BCUT2D eigenvalue weighted by Crippen LogP contribution is -2.29. The van der Waals surface area contributed by atoms with E-state index in [1.54, 1.807) is 18.2 Å². The lowest BCUT2D eigenvalue weighted by atomic mass is 9.95. The first-order valence-electron chi connectivity index (χ1n) is 11.4. The second kappa shape index (κ2) is 9.33. The van der Waals surface area contributed by atoms with Gasteiger partial charge in [-0.2, -0.15) is 0 Å². The highest BCUT2D eigenvalue weighted by molar-refractivity contribution is 7.22. The summed E-state index contributed by atoms with van der Waals surface area (Å²) in [5.74, 6) is -1.73. The zero-order chi connectivity index (χ0) is 26.4. The van der Waals surface area contributed by atoms with Gasteiger partial charge < -0.3 is 14.6 Å². The first-order chi connectivity index (χ1) is 17.7. The number of methoxy groups -OCH3 is 2. The van der Waals surface area contributed by atoms with Crippen LogP contribution in [-0.4, -0.2) is 36.0 Å². The van der Waals surface area contributed by atoms with Crippen molar-refractivity contribution < 1.29 is 28.6 Å². The van der Waals surface area contributed by atoms with E-state index in [0.29, 0.717) is 22.2 Å². The molecule has 0 saturated carbocycles. The molecule has 1 saturated heterocycles. The van der Waals surface area contributed by atoms with Crippen molar-refractivity contribution in [2.45, 2.75) is 19.9 Å². The number of rotatable bonds is 5. The van der Waals surface area contributed by atoms with Gasteiger partial charge in [-0.1, -0.05) is 23.5 Å². The van der Waals surface area contributed by atoms with Crippen molar-refractivity contribution in [2.24, 2.45) is 0 Å². The second-order valence-corrected chi connectivity index (χ2v) is 9.72. The second-order valence-electron chi connectivity index (χ2n) is 8.72. The summed E-state index contributed by atoms with van der Waals surface area (Å²) >= 11 is 1.29. The van der Waals surface area contributed by atoms with E-state index < -0.39 is 29.3 Å². The molecule has 1 N–H and O–H groups in total. The largest absolute Gasteiger partial charge is 0.507 e. The number of anilines is 1. The van der Waals surface area contributed by atoms with Crippen LogP contribution in [0.3, 0.4) is 0 Å². The van der Waals surface area contributed by atoms with Crippen LogP contribution >= 0.6 is 11.3 Å². The quantitative estimate of drug-likeness (QED) is 0.207. The summed E-state index contributed by atoms with van der Waals surface area (Å²) in [7, 11) is 2.99. The summed E-state index contributed by atoms with van der Waals surface area (Å²) in [6, 6.07) is 13.1. The number of ether oxygens (including phenoxy) is 2. The molecule has 4 aromatic rings. The summed E-state index contributed by atoms with van der Waals surface area (Å²) < 4.78 is 25.2. The SMILES string of the molecule is COc1ccc([C@@H]2/C(=C(\O)c3ccc(F)cc3)C(=O)C(=O)N2c2nc3c(C)cc(C)cc3s2)cc1OC. The van der Waals surface area contributed by atoms with E-state index in [1.807, 2.05) is 26.0 Å². The summed E-state index contributed by atoms with van der Waals surface area (Å²) in [5, 5.41) is 11.6. The predicted molar refractivity (Wildman–Crippen MR) is 140 cm³/mol. The number of aliphatic hydroxyl groups excluding tert-OH is 1. The zero-order valence-electron chi connectivity index (χ0n) is 20.5. The van der Waals surface area contributed by atoms with Crippen LogP contribution in [0.5, 0.6) is 11.5 Å². The molecule has 2 heterocycles. The third-order valence-electron chi connectivity index (χ3n) is 6.31. The number of carbonyl (C=O) groups excluding carboxylic acids is 2. The van der Waals surface area contributed by atoms with Gasteiger partial charge in [0.15, 0.2) is 16.6 Å². The molecule has 9 heteroatoms. The fraction of sp³-hybridized carbons (Fsp3) is 0.179. The number of fused-ring (bicyclic) bond motifs is 1. The molecule has 1 fully saturated rings. The molecule has 1 amide bonds. The lowest BCUT2D eigenvalue weighted by Gasteiger charge is -2.23. The smallest absolute Gasteiger partial charge is 0.301 e. The first-order valence-corrected chi connectivity index (χ1v) is 12.2. The highest BCUT2D eigenvalue weighted by atomic mass is 32.1. The molecule has 7 nitrogen and oxygen atoms in total. The Labute approximate surface area is 216 Å². The average molecular weight is 519 g/mol. The Kier molecular flexibility index (Phi) is 6.16. The average Bonchev–Trinajstić information content (AvgIpc) is 3.42. The van der Waals surface area contributed by atoms with Crippen LogP contribution in [0.2, 0.25) is 0 Å². The number of aryl methyl sites for hydroxylation is 2. The molecule has 0 radical (unpaired) electrons. The van der Waals surface area contributed by atoms with Gasteiger partial charge in [-0.25, -0.2) is 9.37 Å². The Morgan fingerprint density at radius 1 is 1.00 bits per heavy atom. The van der Waals surface area contributed by atoms with Crippen LogP contribution in [-0.2, 0) is 9.59 Å². The van der Waals surface area contributed by atoms with E-state index in [0.717, 1.165) is 21.3 Å². The normalized spacial score (nSPS) is 17.0. The van der Waals surface area contributed by atoms with Gasteiger partial charge >= 0.3 is 5.91 Å². The summed E-state index contributed by atoms with van der Waals surface area (Å²) in [4.78, 5) is 32.9. The predicted octanol–water partition coefficient (Wildman–Crippen LogP) is 5.70. The van der Waals surface area contributed by atoms with Crippen LogP contribution < -0.4 is 14.4 Å². The molecular formula is C28H23FN2O5S. The minimum Gasteiger partial charge on any atom is -0.507 e. The van der Waals surface area contributed by atoms with E-state index in [-0.39, 0.29) is 11.1 Å². The molecule has 188 valence electrons. The van der Waals surface area contributed by atoms with Crippen molar-refractivity contribution in [3.63, 3.8) is 0 Å². The Morgan fingerprint density at radius 3 is 2.38 bits per heavy atom. The minimum absolute atomic E-state index is 0.129. The third-order valence-corrected chi connectivity index (χ3v) is 7.31. The van der Waals surface area contributed by atoms with E-state index in [1.165, 1.54) is 54.7 Å². The van der Waals surface area contributed by atoms with Gasteiger partial charge in [0, 0.05) is 5.56 Å². The number of hydrogen-bond acceptors (Lipinski definition) is 7. The van der Waals surface area contributed by atoms with E-state index in [9.17, 15) is 19.1 Å². The van der Waals surface area contributed by atoms with Crippen LogP contribution in [0.1, 0.15) is 28.3 Å². The number of Topliss-reactive ketones (excluding diaryl/α,β-unsaturated/α-hetero) is 1. The number of thiazole rings is 1. The number of aromatic nitrogens is 1. The maximum absolute atomic E-state index is 13.5. The van der Waals surface area contributed by atoms with E-state index in [4.69, 9.17) is 14.5 Å². The molecule has 1 atom stereocenters. The van der Waals surface area contributed by atoms with Crippen LogP contribution in [0.15, 0.2) is 60.2 Å². The zero-order valence-corrected chi connectivity index (χ0v) is 21.4. The van der Waals surface area contributed by atoms with Crippen molar-refractivity contribution in [1.82, 2.24) is 4.98 Å². The number of ketones is 1. The highest BCUT2D eigenvalue weighted by Crippen LogP contribution is 2.46. The molecule has 1 aliphatic heterocycles. The molecule has 0 aliphatic carbocycles. The van der Waals surface area contributed by atoms with Crippen molar-refractivity contribution in [3.8, 4) is 11.5 Å². The van der Waals surface area contributed by atoms with Crippen LogP contribution in [0.25, 0.3) is 16.0 Å². The number of carbonyl (C=O) groups is 2. The fourth-order valence-corrected chi connectivity index (χ4v) is 5.76. The van der Waals surface area contributed by atoms with Gasteiger partial charge in [-0.3, -0.25) is 14.5 Å². The molecule has 1 aliphatic rings. The Bertz CT molecular complexity index is 1590. The molecule has 0 unspecified atom stereocenters. The standard InChI is InChI=1S/C28H23FN2O5S/c1-14-11-15(2)23-21(12-14)37-28(30-23)31-24(17-7-10-19(35-3)20(13-17)36-4)22(26(33)27(31)34)25(32)16-5-8-18(29)9-6-16/h5-13,24,32H,1-4H3/b25-22+/t24-/m1/s1. The van der Waals surface area contributed by atoms with Gasteiger partial charge in [-0.05, 0) is 73.0 Å². The van der Waals surface area contributed by atoms with Gasteiger partial charge in [0.05, 0.1) is 36.1 Å². The number of benzene rings is 3. The number of amides is 1. The molecular weight excluding hydrogens is 495 g/mol. The molecule has 0 bridgehead atoms. The summed E-state index contributed by atoms with van der Waals surface area (Å²) in [6.07, 6.45) is 0. The van der Waals surface area contributed by atoms with Crippen molar-refractivity contribution in [2.75, 3.05) is 19.1 Å². The Hall–Kier alpha value is -4.24. The van der Waals surface area contributed by atoms with Crippen molar-refractivity contribution in [3.05, 3.63) is 88.2 Å². The van der Waals surface area contributed by atoms with E-state index >= 15 is 0 Å². The maximum atomic E-state index is 13.5. The van der Waals surface area contributed by atoms with Gasteiger partial charge in [0.25, 0.3) is 5.78 Å². The number of nitrogens with zero attached hydrogens (tertiary/aromatic N) is 2. The molecule has 37 heavy (non-hydrogen) atoms. The van der Waals surface area contributed by atoms with E-state index in [2.05, 4.69) is 0 Å². The summed E-state index contributed by atoms with van der Waals surface area (Å²) in [6.45, 7) is 3.91. The van der Waals surface area contributed by atoms with Crippen LogP contribution in [0, 0.1) is 19.7 Å².